The zero-order valence-electron chi connectivity index (χ0n) is 18.1. The Morgan fingerprint density at radius 2 is 2.00 bits per heavy atom. The fraction of sp³-hybridized carbons (Fsp3) is 0.120. The van der Waals surface area contributed by atoms with E-state index in [2.05, 4.69) is 80.0 Å². The Morgan fingerprint density at radius 3 is 2.85 bits per heavy atom. The van der Waals surface area contributed by atoms with Crippen molar-refractivity contribution in [2.45, 2.75) is 19.9 Å². The molecule has 3 N–H and O–H groups in total. The number of hydrogen-bond donors (Lipinski definition) is 3. The van der Waals surface area contributed by atoms with Gasteiger partial charge < -0.3 is 10.3 Å². The van der Waals surface area contributed by atoms with Gasteiger partial charge in [0.1, 0.15) is 16.9 Å². The number of rotatable bonds is 5. The van der Waals surface area contributed by atoms with Crippen LogP contribution in [0.4, 0.5) is 5.69 Å². The van der Waals surface area contributed by atoms with Crippen molar-refractivity contribution in [1.29, 1.82) is 0 Å². The lowest BCUT2D eigenvalue weighted by Crippen LogP contribution is -2.09. The highest BCUT2D eigenvalue weighted by Crippen LogP contribution is 2.35. The molecule has 0 amide bonds. The van der Waals surface area contributed by atoms with E-state index in [0.717, 1.165) is 56.0 Å². The quantitative estimate of drug-likeness (QED) is 0.294. The molecule has 0 fully saturated rings. The molecule has 0 aliphatic rings. The van der Waals surface area contributed by atoms with Crippen LogP contribution < -0.4 is 5.32 Å². The van der Waals surface area contributed by atoms with Gasteiger partial charge in [0.2, 0.25) is 0 Å². The van der Waals surface area contributed by atoms with Crippen molar-refractivity contribution in [3.05, 3.63) is 66.4 Å². The third kappa shape index (κ3) is 3.54. The number of H-pyrrole nitrogens is 2. The average molecular weight is 452 g/mol. The van der Waals surface area contributed by atoms with Crippen LogP contribution in [0, 0.1) is 0 Å². The van der Waals surface area contributed by atoms with E-state index in [0.29, 0.717) is 6.04 Å². The van der Waals surface area contributed by atoms with Gasteiger partial charge in [-0.1, -0.05) is 6.07 Å². The monoisotopic (exact) mass is 451 g/mol. The maximum Gasteiger partial charge on any atom is 0.138 e. The Kier molecular flexibility index (Phi) is 4.66. The Bertz CT molecular complexity index is 1580. The highest BCUT2D eigenvalue weighted by Gasteiger charge is 2.16. The Morgan fingerprint density at radius 1 is 1.06 bits per heavy atom. The number of nitrogens with one attached hydrogen (secondary N) is 3. The third-order valence-electron chi connectivity index (χ3n) is 5.47. The second kappa shape index (κ2) is 7.83. The van der Waals surface area contributed by atoms with Crippen LogP contribution in [-0.2, 0) is 0 Å². The van der Waals surface area contributed by atoms with Gasteiger partial charge in [0.25, 0.3) is 0 Å². The summed E-state index contributed by atoms with van der Waals surface area (Å²) in [5.74, 6) is 0. The molecule has 0 bridgehead atoms. The van der Waals surface area contributed by atoms with Crippen LogP contribution in [0.15, 0.2) is 66.4 Å². The van der Waals surface area contributed by atoms with E-state index in [1.165, 1.54) is 4.88 Å². The van der Waals surface area contributed by atoms with Crippen molar-refractivity contribution in [3.8, 4) is 33.1 Å². The smallest absolute Gasteiger partial charge is 0.138 e. The van der Waals surface area contributed by atoms with Gasteiger partial charge in [-0.2, -0.15) is 5.10 Å². The van der Waals surface area contributed by atoms with Gasteiger partial charge in [-0.05, 0) is 55.6 Å². The van der Waals surface area contributed by atoms with Crippen molar-refractivity contribution >= 4 is 39.1 Å². The molecule has 0 aliphatic carbocycles. The molecule has 0 radical (unpaired) electrons. The first-order chi connectivity index (χ1) is 16.2. The second-order valence-corrected chi connectivity index (χ2v) is 9.16. The van der Waals surface area contributed by atoms with E-state index >= 15 is 0 Å². The minimum Gasteiger partial charge on any atom is -0.382 e. The lowest BCUT2D eigenvalue weighted by molar-refractivity contribution is 0.898. The summed E-state index contributed by atoms with van der Waals surface area (Å²) in [6.07, 6.45) is 5.50. The number of fused-ring (bicyclic) bond motifs is 2. The molecule has 7 nitrogen and oxygen atoms in total. The Hall–Kier alpha value is -4.04. The summed E-state index contributed by atoms with van der Waals surface area (Å²) in [5.41, 5.74) is 8.09. The molecular weight excluding hydrogens is 430 g/mol. The van der Waals surface area contributed by atoms with E-state index in [4.69, 9.17) is 4.98 Å². The van der Waals surface area contributed by atoms with Crippen molar-refractivity contribution in [1.82, 2.24) is 30.1 Å². The number of aromatic nitrogens is 6. The summed E-state index contributed by atoms with van der Waals surface area (Å²) in [7, 11) is 0. The predicted molar refractivity (Wildman–Crippen MR) is 134 cm³/mol. The highest BCUT2D eigenvalue weighted by atomic mass is 32.1. The topological polar surface area (TPSA) is 95.2 Å². The van der Waals surface area contributed by atoms with E-state index in [1.54, 1.807) is 11.3 Å². The standard InChI is InChI=1S/C25H21N7S/c1-14(2)28-16-10-15(12-26-13-16)19-5-6-20-23(29-19)24(32-31-20)21-11-18-17(22-4-3-9-33-22)7-8-27-25(18)30-21/h3-14,28H,1-2H3,(H,27,30)(H,31,32). The normalized spacial score (nSPS) is 11.6. The van der Waals surface area contributed by atoms with Crippen LogP contribution in [0.3, 0.4) is 0 Å². The fourth-order valence-corrected chi connectivity index (χ4v) is 4.81. The molecule has 162 valence electrons. The molecule has 0 saturated carbocycles. The molecule has 0 aliphatic heterocycles. The molecule has 0 aromatic carbocycles. The summed E-state index contributed by atoms with van der Waals surface area (Å²) in [5, 5.41) is 14.2. The molecule has 0 unspecified atom stereocenters. The molecule has 6 heterocycles. The first-order valence-corrected chi connectivity index (χ1v) is 11.6. The summed E-state index contributed by atoms with van der Waals surface area (Å²) in [6, 6.07) is 14.7. The summed E-state index contributed by atoms with van der Waals surface area (Å²) in [6.45, 7) is 4.21. The van der Waals surface area contributed by atoms with Gasteiger partial charge in [0.05, 0.1) is 22.6 Å². The van der Waals surface area contributed by atoms with E-state index in [-0.39, 0.29) is 0 Å². The minimum absolute atomic E-state index is 0.327. The van der Waals surface area contributed by atoms with E-state index in [9.17, 15) is 0 Å². The number of thiophene rings is 1. The SMILES string of the molecule is CC(C)Nc1cncc(-c2ccc3[nH]nc(-c4cc5c(-c6cccs6)ccnc5[nH]4)c3n2)c1. The van der Waals surface area contributed by atoms with Gasteiger partial charge in [-0.15, -0.1) is 11.3 Å². The second-order valence-electron chi connectivity index (χ2n) is 8.21. The zero-order valence-corrected chi connectivity index (χ0v) is 18.9. The highest BCUT2D eigenvalue weighted by molar-refractivity contribution is 7.13. The maximum absolute atomic E-state index is 4.94. The summed E-state index contributed by atoms with van der Waals surface area (Å²) in [4.78, 5) is 18.5. The van der Waals surface area contributed by atoms with Crippen molar-refractivity contribution in [2.75, 3.05) is 5.32 Å². The lowest BCUT2D eigenvalue weighted by Gasteiger charge is -2.10. The molecule has 33 heavy (non-hydrogen) atoms. The number of nitrogens with zero attached hydrogens (tertiary/aromatic N) is 4. The van der Waals surface area contributed by atoms with Crippen LogP contribution in [0.2, 0.25) is 0 Å². The summed E-state index contributed by atoms with van der Waals surface area (Å²) < 4.78 is 0. The van der Waals surface area contributed by atoms with Crippen LogP contribution in [-0.4, -0.2) is 36.2 Å². The minimum atomic E-state index is 0.327. The van der Waals surface area contributed by atoms with Gasteiger partial charge in [0.15, 0.2) is 0 Å². The molecular formula is C25H21N7S. The number of anilines is 1. The average Bonchev–Trinajstić information content (AvgIpc) is 3.57. The van der Waals surface area contributed by atoms with Crippen molar-refractivity contribution in [2.24, 2.45) is 0 Å². The predicted octanol–water partition coefficient (Wildman–Crippen LogP) is 6.11. The Labute approximate surface area is 194 Å². The molecule has 6 rings (SSSR count). The van der Waals surface area contributed by atoms with Crippen LogP contribution in [0.1, 0.15) is 13.8 Å². The van der Waals surface area contributed by atoms with Crippen LogP contribution in [0.5, 0.6) is 0 Å². The van der Waals surface area contributed by atoms with Gasteiger partial charge in [-0.3, -0.25) is 10.1 Å². The summed E-state index contributed by atoms with van der Waals surface area (Å²) >= 11 is 1.72. The Balaban J connectivity index is 1.45. The molecule has 0 atom stereocenters. The van der Waals surface area contributed by atoms with Crippen molar-refractivity contribution < 1.29 is 0 Å². The first kappa shape index (κ1) is 19.6. The lowest BCUT2D eigenvalue weighted by atomic mass is 10.1. The van der Waals surface area contributed by atoms with Gasteiger partial charge in [0, 0.05) is 46.0 Å². The number of pyridine rings is 3. The van der Waals surface area contributed by atoms with Gasteiger partial charge >= 0.3 is 0 Å². The van der Waals surface area contributed by atoms with Crippen molar-refractivity contribution in [3.63, 3.8) is 0 Å². The molecule has 6 aromatic heterocycles. The first-order valence-electron chi connectivity index (χ1n) is 10.7. The maximum atomic E-state index is 4.94. The molecule has 0 spiro atoms. The molecule has 6 aromatic rings. The number of aromatic amines is 2. The van der Waals surface area contributed by atoms with E-state index < -0.39 is 0 Å². The largest absolute Gasteiger partial charge is 0.382 e. The molecule has 0 saturated heterocycles. The molecule has 8 heteroatoms. The third-order valence-corrected chi connectivity index (χ3v) is 6.37. The fourth-order valence-electron chi connectivity index (χ4n) is 4.04. The van der Waals surface area contributed by atoms with Gasteiger partial charge in [-0.25, -0.2) is 9.97 Å². The number of hydrogen-bond acceptors (Lipinski definition) is 6. The van der Waals surface area contributed by atoms with E-state index in [1.807, 2.05) is 30.7 Å². The zero-order chi connectivity index (χ0) is 22.4. The van der Waals surface area contributed by atoms with Crippen LogP contribution in [0.25, 0.3) is 55.2 Å². The van der Waals surface area contributed by atoms with Crippen LogP contribution >= 0.6 is 11.3 Å².